The molecule has 0 aliphatic carbocycles. The first kappa shape index (κ1) is 13.9. The fourth-order valence-electron chi connectivity index (χ4n) is 0.949. The minimum Gasteiger partial charge on any atom is -0.442 e. The number of carbonyl (C=O) groups is 1. The SMILES string of the molecule is CCC(C=C(C)C)=NC(=O)OC(C)(C)C. The third kappa shape index (κ3) is 7.91. The van der Waals surface area contributed by atoms with Crippen LogP contribution < -0.4 is 0 Å². The number of amides is 1. The molecule has 3 nitrogen and oxygen atoms in total. The van der Waals surface area contributed by atoms with Crippen molar-refractivity contribution in [1.82, 2.24) is 0 Å². The maximum Gasteiger partial charge on any atom is 0.434 e. The zero-order valence-electron chi connectivity index (χ0n) is 10.5. The summed E-state index contributed by atoms with van der Waals surface area (Å²) >= 11 is 0. The van der Waals surface area contributed by atoms with E-state index in [0.29, 0.717) is 0 Å². The van der Waals surface area contributed by atoms with Crippen molar-refractivity contribution in [2.75, 3.05) is 0 Å². The molecule has 0 aromatic carbocycles. The number of rotatable bonds is 2. The molecule has 86 valence electrons. The fourth-order valence-corrected chi connectivity index (χ4v) is 0.949. The summed E-state index contributed by atoms with van der Waals surface area (Å²) in [4.78, 5) is 15.3. The zero-order chi connectivity index (χ0) is 12.1. The van der Waals surface area contributed by atoms with Gasteiger partial charge >= 0.3 is 6.09 Å². The van der Waals surface area contributed by atoms with E-state index >= 15 is 0 Å². The number of carbonyl (C=O) groups excluding carboxylic acids is 1. The lowest BCUT2D eigenvalue weighted by atomic mass is 10.2. The normalized spacial score (nSPS) is 12.3. The Morgan fingerprint density at radius 2 is 1.87 bits per heavy atom. The van der Waals surface area contributed by atoms with E-state index in [1.54, 1.807) is 0 Å². The van der Waals surface area contributed by atoms with Gasteiger partial charge in [-0.1, -0.05) is 12.5 Å². The maximum atomic E-state index is 11.4. The Balaban J connectivity index is 4.58. The van der Waals surface area contributed by atoms with Crippen LogP contribution in [-0.2, 0) is 4.74 Å². The Bertz CT molecular complexity index is 278. The predicted molar refractivity (Wildman–Crippen MR) is 63.4 cm³/mol. The van der Waals surface area contributed by atoms with Gasteiger partial charge in [0.2, 0.25) is 0 Å². The van der Waals surface area contributed by atoms with Crippen LogP contribution in [0.25, 0.3) is 0 Å². The van der Waals surface area contributed by atoms with Crippen molar-refractivity contribution in [3.05, 3.63) is 11.6 Å². The molecule has 3 heteroatoms. The number of ether oxygens (including phenoxy) is 1. The van der Waals surface area contributed by atoms with Crippen molar-refractivity contribution < 1.29 is 9.53 Å². The van der Waals surface area contributed by atoms with Crippen LogP contribution in [0.5, 0.6) is 0 Å². The van der Waals surface area contributed by atoms with Crippen molar-refractivity contribution in [2.45, 2.75) is 53.6 Å². The van der Waals surface area contributed by atoms with Crippen molar-refractivity contribution in [1.29, 1.82) is 0 Å². The number of allylic oxidation sites excluding steroid dienone is 2. The second-order valence-corrected chi connectivity index (χ2v) is 4.66. The Labute approximate surface area is 92.2 Å². The van der Waals surface area contributed by atoms with Crippen molar-refractivity contribution >= 4 is 11.8 Å². The number of nitrogens with zero attached hydrogens (tertiary/aromatic N) is 1. The van der Waals surface area contributed by atoms with Crippen LogP contribution in [0.1, 0.15) is 48.0 Å². The van der Waals surface area contributed by atoms with Gasteiger partial charge in [0, 0.05) is 5.71 Å². The first-order chi connectivity index (χ1) is 6.74. The van der Waals surface area contributed by atoms with E-state index < -0.39 is 11.7 Å². The minimum atomic E-state index is -0.517. The van der Waals surface area contributed by atoms with Gasteiger partial charge in [-0.3, -0.25) is 0 Å². The topological polar surface area (TPSA) is 38.7 Å². The second kappa shape index (κ2) is 5.69. The predicted octanol–water partition coefficient (Wildman–Crippen LogP) is 3.74. The molecule has 0 rings (SSSR count). The van der Waals surface area contributed by atoms with E-state index in [4.69, 9.17) is 4.74 Å². The maximum absolute atomic E-state index is 11.4. The van der Waals surface area contributed by atoms with Crippen LogP contribution >= 0.6 is 0 Å². The number of hydrogen-bond acceptors (Lipinski definition) is 2. The molecule has 0 bridgehead atoms. The van der Waals surface area contributed by atoms with Gasteiger partial charge in [-0.05, 0) is 47.1 Å². The van der Waals surface area contributed by atoms with E-state index in [1.807, 2.05) is 47.6 Å². The van der Waals surface area contributed by atoms with Crippen LogP contribution in [-0.4, -0.2) is 17.4 Å². The molecule has 0 radical (unpaired) electrons. The molecule has 0 N–H and O–H groups in total. The smallest absolute Gasteiger partial charge is 0.434 e. The van der Waals surface area contributed by atoms with Gasteiger partial charge in [0.15, 0.2) is 0 Å². The molecule has 0 aromatic heterocycles. The molecule has 0 heterocycles. The second-order valence-electron chi connectivity index (χ2n) is 4.66. The lowest BCUT2D eigenvalue weighted by Crippen LogP contribution is -2.22. The summed E-state index contributed by atoms with van der Waals surface area (Å²) < 4.78 is 5.10. The van der Waals surface area contributed by atoms with Crippen LogP contribution in [0.3, 0.4) is 0 Å². The minimum absolute atomic E-state index is 0.482. The average Bonchev–Trinajstić information content (AvgIpc) is 1.98. The van der Waals surface area contributed by atoms with E-state index in [2.05, 4.69) is 4.99 Å². The first-order valence-corrected chi connectivity index (χ1v) is 5.20. The van der Waals surface area contributed by atoms with Crippen LogP contribution in [0.15, 0.2) is 16.6 Å². The quantitative estimate of drug-likeness (QED) is 0.653. The van der Waals surface area contributed by atoms with Gasteiger partial charge in [0.1, 0.15) is 5.60 Å². The summed E-state index contributed by atoms with van der Waals surface area (Å²) in [6.07, 6.45) is 2.10. The molecule has 15 heavy (non-hydrogen) atoms. The summed E-state index contributed by atoms with van der Waals surface area (Å²) in [5.41, 5.74) is 1.40. The number of aliphatic imine (C=N–C) groups is 1. The third-order valence-corrected chi connectivity index (χ3v) is 1.45. The Kier molecular flexibility index (Phi) is 5.26. The molecule has 0 aromatic rings. The summed E-state index contributed by atoms with van der Waals surface area (Å²) in [5, 5.41) is 0. The van der Waals surface area contributed by atoms with E-state index in [9.17, 15) is 4.79 Å². The molecule has 0 unspecified atom stereocenters. The molecule has 0 saturated carbocycles. The van der Waals surface area contributed by atoms with Gasteiger partial charge in [0.25, 0.3) is 0 Å². The molecule has 0 saturated heterocycles. The van der Waals surface area contributed by atoms with Gasteiger partial charge < -0.3 is 4.74 Å². The molecule has 0 atom stereocenters. The molecule has 0 spiro atoms. The zero-order valence-corrected chi connectivity index (χ0v) is 10.5. The van der Waals surface area contributed by atoms with Crippen LogP contribution in [0.2, 0.25) is 0 Å². The molecule has 0 aliphatic heterocycles. The molecule has 0 aliphatic rings. The van der Waals surface area contributed by atoms with Crippen LogP contribution in [0.4, 0.5) is 4.79 Å². The Hall–Kier alpha value is -1.12. The summed E-state index contributed by atoms with van der Waals surface area (Å²) in [6.45, 7) is 11.4. The highest BCUT2D eigenvalue weighted by Crippen LogP contribution is 2.08. The highest BCUT2D eigenvalue weighted by molar-refractivity contribution is 6.01. The van der Waals surface area contributed by atoms with Crippen molar-refractivity contribution in [2.24, 2.45) is 4.99 Å². The summed E-state index contributed by atoms with van der Waals surface area (Å²) in [5.74, 6) is 0. The third-order valence-electron chi connectivity index (χ3n) is 1.45. The molecule has 1 amide bonds. The van der Waals surface area contributed by atoms with Gasteiger partial charge in [0.05, 0.1) is 0 Å². The van der Waals surface area contributed by atoms with Crippen molar-refractivity contribution in [3.63, 3.8) is 0 Å². The first-order valence-electron chi connectivity index (χ1n) is 5.20. The van der Waals surface area contributed by atoms with Gasteiger partial charge in [-0.25, -0.2) is 4.79 Å². The largest absolute Gasteiger partial charge is 0.442 e. The average molecular weight is 211 g/mol. The standard InChI is InChI=1S/C12H21NO2/c1-7-10(8-9(2)3)13-11(14)15-12(4,5)6/h8H,7H2,1-6H3. The summed E-state index contributed by atoms with van der Waals surface area (Å²) in [7, 11) is 0. The molecular formula is C12H21NO2. The fraction of sp³-hybridized carbons (Fsp3) is 0.667. The lowest BCUT2D eigenvalue weighted by Gasteiger charge is -2.17. The van der Waals surface area contributed by atoms with Crippen LogP contribution in [0, 0.1) is 0 Å². The van der Waals surface area contributed by atoms with Gasteiger partial charge in [-0.15, -0.1) is 0 Å². The highest BCUT2D eigenvalue weighted by Gasteiger charge is 2.15. The van der Waals surface area contributed by atoms with E-state index in [1.165, 1.54) is 0 Å². The molecular weight excluding hydrogens is 190 g/mol. The highest BCUT2D eigenvalue weighted by atomic mass is 16.6. The Morgan fingerprint density at radius 3 is 2.20 bits per heavy atom. The summed E-state index contributed by atoms with van der Waals surface area (Å²) in [6, 6.07) is 0. The lowest BCUT2D eigenvalue weighted by molar-refractivity contribution is 0.0604. The van der Waals surface area contributed by atoms with E-state index in [-0.39, 0.29) is 0 Å². The van der Waals surface area contributed by atoms with E-state index in [0.717, 1.165) is 17.7 Å². The molecule has 0 fully saturated rings. The number of hydrogen-bond donors (Lipinski definition) is 0. The van der Waals surface area contributed by atoms with Gasteiger partial charge in [-0.2, -0.15) is 4.99 Å². The van der Waals surface area contributed by atoms with Crippen molar-refractivity contribution in [3.8, 4) is 0 Å². The monoisotopic (exact) mass is 211 g/mol. The Morgan fingerprint density at radius 1 is 1.33 bits per heavy atom.